The largest absolute Gasteiger partial charge is 0.398 e. The monoisotopic (exact) mass is 318 g/mol. The molecule has 0 unspecified atom stereocenters. The van der Waals surface area contributed by atoms with Gasteiger partial charge in [-0.2, -0.15) is 0 Å². The molecule has 1 aliphatic carbocycles. The second-order valence-electron chi connectivity index (χ2n) is 4.20. The molecule has 0 saturated carbocycles. The van der Waals surface area contributed by atoms with E-state index in [-0.39, 0.29) is 39.7 Å². The van der Waals surface area contributed by atoms with Crippen molar-refractivity contribution in [3.05, 3.63) is 58.7 Å². The Hall–Kier alpha value is -2.14. The van der Waals surface area contributed by atoms with Gasteiger partial charge in [0.05, 0.1) is 11.1 Å². The van der Waals surface area contributed by atoms with Crippen LogP contribution in [0.2, 0.25) is 0 Å². The quantitative estimate of drug-likeness (QED) is 0.622. The van der Waals surface area contributed by atoms with Gasteiger partial charge in [-0.1, -0.05) is 24.3 Å². The summed E-state index contributed by atoms with van der Waals surface area (Å²) in [5.74, 6) is -0.491. The molecule has 4 N–H and O–H groups in total. The zero-order valence-corrected chi connectivity index (χ0v) is 11.6. The summed E-state index contributed by atoms with van der Waals surface area (Å²) in [7, 11) is 0. The number of fused-ring (bicyclic) bond motifs is 2. The highest BCUT2D eigenvalue weighted by Gasteiger charge is 2.32. The third-order valence-electron chi connectivity index (χ3n) is 3.14. The highest BCUT2D eigenvalue weighted by molar-refractivity contribution is 8.93. The van der Waals surface area contributed by atoms with E-state index in [4.69, 9.17) is 11.5 Å². The van der Waals surface area contributed by atoms with Gasteiger partial charge >= 0.3 is 0 Å². The number of hydrogen-bond donors (Lipinski definition) is 2. The molecule has 2 aromatic rings. The zero-order chi connectivity index (χ0) is 12.9. The van der Waals surface area contributed by atoms with Gasteiger partial charge in [0.15, 0.2) is 11.6 Å². The molecular weight excluding hydrogens is 308 g/mol. The topological polar surface area (TPSA) is 86.2 Å². The summed E-state index contributed by atoms with van der Waals surface area (Å²) in [5.41, 5.74) is 13.4. The van der Waals surface area contributed by atoms with Gasteiger partial charge in [0.1, 0.15) is 0 Å². The van der Waals surface area contributed by atoms with Crippen molar-refractivity contribution in [3.63, 3.8) is 0 Å². The number of carbonyl (C=O) groups is 2. The normalized spacial score (nSPS) is 12.4. The number of anilines is 2. The van der Waals surface area contributed by atoms with Crippen LogP contribution in [0.4, 0.5) is 11.4 Å². The summed E-state index contributed by atoms with van der Waals surface area (Å²) in [5, 5.41) is 0. The van der Waals surface area contributed by atoms with Crippen molar-refractivity contribution in [2.24, 2.45) is 0 Å². The van der Waals surface area contributed by atoms with Crippen LogP contribution in [-0.2, 0) is 0 Å². The van der Waals surface area contributed by atoms with Crippen molar-refractivity contribution < 1.29 is 9.59 Å². The Bertz CT molecular complexity index is 649. The first-order valence-electron chi connectivity index (χ1n) is 5.47. The molecule has 0 atom stereocenters. The molecule has 0 aliphatic heterocycles. The number of benzene rings is 2. The van der Waals surface area contributed by atoms with Crippen LogP contribution in [0.25, 0.3) is 0 Å². The second kappa shape index (κ2) is 4.51. The lowest BCUT2D eigenvalue weighted by Gasteiger charge is -2.19. The number of nitrogens with two attached hydrogens (primary N) is 2. The van der Waals surface area contributed by atoms with Crippen molar-refractivity contribution in [1.82, 2.24) is 0 Å². The van der Waals surface area contributed by atoms with Crippen molar-refractivity contribution >= 4 is 39.9 Å². The molecule has 0 fully saturated rings. The molecule has 1 aliphatic rings. The Morgan fingerprint density at radius 3 is 1.42 bits per heavy atom. The van der Waals surface area contributed by atoms with Gasteiger partial charge < -0.3 is 11.5 Å². The van der Waals surface area contributed by atoms with Crippen LogP contribution >= 0.6 is 17.0 Å². The summed E-state index contributed by atoms with van der Waals surface area (Å²) in [6.45, 7) is 0. The molecule has 4 nitrogen and oxygen atoms in total. The maximum Gasteiger partial charge on any atom is 0.196 e. The molecule has 96 valence electrons. The van der Waals surface area contributed by atoms with E-state index in [1.807, 2.05) is 0 Å². The maximum atomic E-state index is 12.3. The summed E-state index contributed by atoms with van der Waals surface area (Å²) in [4.78, 5) is 24.7. The average Bonchev–Trinajstić information content (AvgIpc) is 2.35. The molecule has 0 amide bonds. The Morgan fingerprint density at radius 1 is 0.684 bits per heavy atom. The van der Waals surface area contributed by atoms with Crippen LogP contribution in [0, 0.1) is 0 Å². The average molecular weight is 319 g/mol. The standard InChI is InChI=1S/C14H10N2O2.BrH/c15-9-5-1-3-7-11(9)14(18)8-4-2-6-10(16)12(8)13(7)17;/h1-6H,15-16H2;1H. The number of hydrogen-bond acceptors (Lipinski definition) is 4. The molecular formula is C14H11BrN2O2. The first kappa shape index (κ1) is 13.3. The lowest BCUT2D eigenvalue weighted by atomic mass is 9.82. The molecule has 0 spiro atoms. The third kappa shape index (κ3) is 1.74. The molecule has 0 bridgehead atoms. The Morgan fingerprint density at radius 2 is 1.05 bits per heavy atom. The van der Waals surface area contributed by atoms with E-state index in [0.717, 1.165) is 0 Å². The van der Waals surface area contributed by atoms with E-state index < -0.39 is 0 Å². The van der Waals surface area contributed by atoms with Gasteiger partial charge in [0.2, 0.25) is 0 Å². The molecule has 0 saturated heterocycles. The summed E-state index contributed by atoms with van der Waals surface area (Å²) < 4.78 is 0. The Labute approximate surface area is 120 Å². The summed E-state index contributed by atoms with van der Waals surface area (Å²) in [6, 6.07) is 9.73. The zero-order valence-electron chi connectivity index (χ0n) is 9.84. The molecule has 3 rings (SSSR count). The van der Waals surface area contributed by atoms with E-state index >= 15 is 0 Å². The molecule has 19 heavy (non-hydrogen) atoms. The van der Waals surface area contributed by atoms with Gasteiger partial charge in [-0.25, -0.2) is 0 Å². The molecule has 5 heteroatoms. The Kier molecular flexibility index (Phi) is 3.16. The van der Waals surface area contributed by atoms with Crippen LogP contribution in [0.5, 0.6) is 0 Å². The minimum Gasteiger partial charge on any atom is -0.398 e. The predicted octanol–water partition coefficient (Wildman–Crippen LogP) is 2.20. The van der Waals surface area contributed by atoms with E-state index in [0.29, 0.717) is 22.5 Å². The van der Waals surface area contributed by atoms with Crippen LogP contribution < -0.4 is 11.5 Å². The first-order chi connectivity index (χ1) is 8.61. The van der Waals surface area contributed by atoms with Crippen molar-refractivity contribution in [2.75, 3.05) is 11.5 Å². The van der Waals surface area contributed by atoms with Crippen LogP contribution in [0.3, 0.4) is 0 Å². The van der Waals surface area contributed by atoms with Crippen LogP contribution in [-0.4, -0.2) is 11.6 Å². The Balaban J connectivity index is 0.00000133. The molecule has 0 radical (unpaired) electrons. The van der Waals surface area contributed by atoms with Gasteiger partial charge in [0.25, 0.3) is 0 Å². The minimum atomic E-state index is -0.245. The number of rotatable bonds is 0. The number of ketones is 2. The van der Waals surface area contributed by atoms with Crippen LogP contribution in [0.15, 0.2) is 36.4 Å². The fourth-order valence-corrected chi connectivity index (χ4v) is 2.29. The lowest BCUT2D eigenvalue weighted by molar-refractivity contribution is 0.0980. The highest BCUT2D eigenvalue weighted by atomic mass is 79.9. The van der Waals surface area contributed by atoms with Gasteiger partial charge in [-0.3, -0.25) is 9.59 Å². The first-order valence-corrected chi connectivity index (χ1v) is 5.47. The third-order valence-corrected chi connectivity index (χ3v) is 3.14. The fourth-order valence-electron chi connectivity index (χ4n) is 2.29. The molecule has 0 heterocycles. The lowest BCUT2D eigenvalue weighted by Crippen LogP contribution is -2.23. The smallest absolute Gasteiger partial charge is 0.196 e. The maximum absolute atomic E-state index is 12.3. The van der Waals surface area contributed by atoms with Crippen molar-refractivity contribution in [3.8, 4) is 0 Å². The minimum absolute atomic E-state index is 0. The summed E-state index contributed by atoms with van der Waals surface area (Å²) in [6.07, 6.45) is 0. The number of nitrogen functional groups attached to an aromatic ring is 2. The summed E-state index contributed by atoms with van der Waals surface area (Å²) >= 11 is 0. The second-order valence-corrected chi connectivity index (χ2v) is 4.20. The number of halogens is 1. The van der Waals surface area contributed by atoms with Crippen molar-refractivity contribution in [1.29, 1.82) is 0 Å². The van der Waals surface area contributed by atoms with Gasteiger partial charge in [0, 0.05) is 22.5 Å². The van der Waals surface area contributed by atoms with Crippen LogP contribution in [0.1, 0.15) is 31.8 Å². The highest BCUT2D eigenvalue weighted by Crippen LogP contribution is 2.33. The predicted molar refractivity (Wildman–Crippen MR) is 78.9 cm³/mol. The van der Waals surface area contributed by atoms with Gasteiger partial charge in [-0.05, 0) is 12.1 Å². The molecule has 2 aromatic carbocycles. The molecule has 0 aromatic heterocycles. The van der Waals surface area contributed by atoms with Gasteiger partial charge in [-0.15, -0.1) is 17.0 Å². The van der Waals surface area contributed by atoms with Crippen molar-refractivity contribution in [2.45, 2.75) is 0 Å². The van der Waals surface area contributed by atoms with E-state index in [1.165, 1.54) is 0 Å². The van der Waals surface area contributed by atoms with E-state index in [2.05, 4.69) is 0 Å². The van der Waals surface area contributed by atoms with E-state index in [1.54, 1.807) is 36.4 Å². The SMILES string of the molecule is Br.Nc1cccc2c1C(=O)c1cccc(N)c1C2=O. The fraction of sp³-hybridized carbons (Fsp3) is 0. The number of carbonyl (C=O) groups excluding carboxylic acids is 2. The van der Waals surface area contributed by atoms with E-state index in [9.17, 15) is 9.59 Å².